The van der Waals surface area contributed by atoms with Gasteiger partial charge in [-0.15, -0.1) is 0 Å². The summed E-state index contributed by atoms with van der Waals surface area (Å²) in [6.45, 7) is 3.63. The van der Waals surface area contributed by atoms with Crippen LogP contribution in [0.25, 0.3) is 0 Å². The molecule has 6 nitrogen and oxygen atoms in total. The van der Waals surface area contributed by atoms with Crippen LogP contribution in [-0.4, -0.2) is 33.3 Å². The molecule has 0 aromatic heterocycles. The third-order valence-corrected chi connectivity index (χ3v) is 7.34. The molecule has 0 saturated carbocycles. The minimum Gasteiger partial charge on any atom is -0.454 e. The number of hydrogen-bond acceptors (Lipinski definition) is 5. The lowest BCUT2D eigenvalue weighted by atomic mass is 10.0. The number of hydrogen-bond donors (Lipinski definition) is 0. The van der Waals surface area contributed by atoms with Gasteiger partial charge in [-0.3, -0.25) is 9.10 Å². The Balaban J connectivity index is 1.51. The number of carbonyl (C=O) groups is 2. The first-order chi connectivity index (χ1) is 15.3. The van der Waals surface area contributed by atoms with Crippen LogP contribution in [-0.2, 0) is 21.2 Å². The van der Waals surface area contributed by atoms with E-state index in [1.165, 1.54) is 28.6 Å². The fraction of sp³-hybridized carbons (Fsp3) is 0.200. The summed E-state index contributed by atoms with van der Waals surface area (Å²) in [6.07, 6.45) is 0.637. The first kappa shape index (κ1) is 21.8. The van der Waals surface area contributed by atoms with Crippen molar-refractivity contribution in [1.29, 1.82) is 0 Å². The molecular formula is C25H23NO5S. The maximum absolute atomic E-state index is 13.2. The summed E-state index contributed by atoms with van der Waals surface area (Å²) >= 11 is 0. The average Bonchev–Trinajstić information content (AvgIpc) is 3.24. The number of para-hydroxylation sites is 1. The van der Waals surface area contributed by atoms with Gasteiger partial charge in [0, 0.05) is 12.1 Å². The van der Waals surface area contributed by atoms with E-state index in [4.69, 9.17) is 4.74 Å². The largest absolute Gasteiger partial charge is 0.454 e. The third-order valence-electron chi connectivity index (χ3n) is 5.53. The first-order valence-corrected chi connectivity index (χ1v) is 11.7. The number of benzene rings is 3. The van der Waals surface area contributed by atoms with Crippen LogP contribution in [0.2, 0.25) is 0 Å². The predicted octanol–water partition coefficient (Wildman–Crippen LogP) is 4.09. The molecule has 0 N–H and O–H groups in total. The van der Waals surface area contributed by atoms with E-state index in [1.807, 2.05) is 38.1 Å². The lowest BCUT2D eigenvalue weighted by Gasteiger charge is -2.19. The smallest absolute Gasteiger partial charge is 0.338 e. The number of anilines is 1. The topological polar surface area (TPSA) is 80.8 Å². The molecule has 3 aromatic carbocycles. The fourth-order valence-electron chi connectivity index (χ4n) is 3.80. The zero-order chi connectivity index (χ0) is 22.9. The second-order valence-corrected chi connectivity index (χ2v) is 9.66. The second-order valence-electron chi connectivity index (χ2n) is 7.80. The minimum atomic E-state index is -3.83. The van der Waals surface area contributed by atoms with Gasteiger partial charge in [0.2, 0.25) is 5.78 Å². The molecule has 0 bridgehead atoms. The van der Waals surface area contributed by atoms with Crippen molar-refractivity contribution in [1.82, 2.24) is 0 Å². The van der Waals surface area contributed by atoms with Gasteiger partial charge in [-0.1, -0.05) is 42.0 Å². The van der Waals surface area contributed by atoms with E-state index < -0.39 is 22.6 Å². The number of carbonyl (C=O) groups excluding carboxylic acids is 2. The van der Waals surface area contributed by atoms with Crippen LogP contribution >= 0.6 is 0 Å². The number of nitrogens with zero attached hydrogens (tertiary/aromatic N) is 1. The molecule has 0 atom stereocenters. The molecule has 1 heterocycles. The number of ether oxygens (including phenoxy) is 1. The number of Topliss-reactive ketones (excluding diaryl/α,β-unsaturated/α-hetero) is 1. The molecular weight excluding hydrogens is 426 g/mol. The minimum absolute atomic E-state index is 0.00417. The standard InChI is InChI=1S/C25H23NO5S/c1-17-10-11-18(2)22(14-17)24(27)16-31-25(28)20-7-5-8-21(15-20)32(29,30)26-13-12-19-6-3-4-9-23(19)26/h3-11,14-15H,12-13,16H2,1-2H3. The van der Waals surface area contributed by atoms with Crippen molar-refractivity contribution in [2.24, 2.45) is 0 Å². The zero-order valence-corrected chi connectivity index (χ0v) is 18.7. The van der Waals surface area contributed by atoms with Crippen molar-refractivity contribution in [3.8, 4) is 0 Å². The van der Waals surface area contributed by atoms with Crippen LogP contribution in [0.1, 0.15) is 37.4 Å². The maximum Gasteiger partial charge on any atom is 0.338 e. The first-order valence-electron chi connectivity index (χ1n) is 10.3. The average molecular weight is 450 g/mol. The predicted molar refractivity (Wildman–Crippen MR) is 122 cm³/mol. The van der Waals surface area contributed by atoms with Gasteiger partial charge in [0.25, 0.3) is 10.0 Å². The number of sulfonamides is 1. The molecule has 0 unspecified atom stereocenters. The Morgan fingerprint density at radius 3 is 2.56 bits per heavy atom. The van der Waals surface area contributed by atoms with Crippen LogP contribution < -0.4 is 4.31 Å². The van der Waals surface area contributed by atoms with Crippen LogP contribution in [0.15, 0.2) is 71.6 Å². The molecule has 0 radical (unpaired) electrons. The number of ketones is 1. The van der Waals surface area contributed by atoms with Crippen molar-refractivity contribution in [2.75, 3.05) is 17.5 Å². The molecule has 0 spiro atoms. The summed E-state index contributed by atoms with van der Waals surface area (Å²) in [6, 6.07) is 18.6. The van der Waals surface area contributed by atoms with Crippen molar-refractivity contribution >= 4 is 27.5 Å². The Labute approximate surface area is 187 Å². The van der Waals surface area contributed by atoms with E-state index in [2.05, 4.69) is 0 Å². The molecule has 164 valence electrons. The lowest BCUT2D eigenvalue weighted by molar-refractivity contribution is 0.0474. The van der Waals surface area contributed by atoms with Crippen LogP contribution in [0, 0.1) is 13.8 Å². The van der Waals surface area contributed by atoms with Crippen molar-refractivity contribution in [3.05, 3.63) is 94.5 Å². The van der Waals surface area contributed by atoms with Gasteiger partial charge in [0.05, 0.1) is 16.1 Å². The summed E-state index contributed by atoms with van der Waals surface area (Å²) < 4.78 is 33.0. The monoisotopic (exact) mass is 449 g/mol. The van der Waals surface area contributed by atoms with E-state index in [1.54, 1.807) is 18.2 Å². The SMILES string of the molecule is Cc1ccc(C)c(C(=O)COC(=O)c2cccc(S(=O)(=O)N3CCc4ccccc43)c2)c1. The van der Waals surface area contributed by atoms with E-state index >= 15 is 0 Å². The molecule has 0 aliphatic carbocycles. The molecule has 1 aliphatic heterocycles. The molecule has 7 heteroatoms. The summed E-state index contributed by atoms with van der Waals surface area (Å²) in [5, 5.41) is 0. The normalized spacial score (nSPS) is 13.0. The number of rotatable bonds is 6. The van der Waals surface area contributed by atoms with Gasteiger partial charge >= 0.3 is 5.97 Å². The number of fused-ring (bicyclic) bond motifs is 1. The van der Waals surface area contributed by atoms with E-state index in [-0.39, 0.29) is 16.2 Å². The molecule has 0 saturated heterocycles. The zero-order valence-electron chi connectivity index (χ0n) is 17.9. The lowest BCUT2D eigenvalue weighted by Crippen LogP contribution is -2.29. The van der Waals surface area contributed by atoms with E-state index in [9.17, 15) is 18.0 Å². The Bertz CT molecular complexity index is 1310. The van der Waals surface area contributed by atoms with Gasteiger partial charge in [-0.25, -0.2) is 13.2 Å². The van der Waals surface area contributed by atoms with Crippen LogP contribution in [0.4, 0.5) is 5.69 Å². The highest BCUT2D eigenvalue weighted by atomic mass is 32.2. The van der Waals surface area contributed by atoms with Crippen LogP contribution in [0.3, 0.4) is 0 Å². The fourth-order valence-corrected chi connectivity index (χ4v) is 5.35. The Morgan fingerprint density at radius 1 is 0.969 bits per heavy atom. The van der Waals surface area contributed by atoms with Gasteiger partial charge in [0.1, 0.15) is 0 Å². The Kier molecular flexibility index (Phi) is 5.84. The van der Waals surface area contributed by atoms with Gasteiger partial charge in [0.15, 0.2) is 6.61 Å². The summed E-state index contributed by atoms with van der Waals surface area (Å²) in [5.41, 5.74) is 3.94. The van der Waals surface area contributed by atoms with Gasteiger partial charge < -0.3 is 4.74 Å². The Morgan fingerprint density at radius 2 is 1.75 bits per heavy atom. The van der Waals surface area contributed by atoms with Crippen molar-refractivity contribution in [2.45, 2.75) is 25.2 Å². The van der Waals surface area contributed by atoms with Crippen LogP contribution in [0.5, 0.6) is 0 Å². The second kappa shape index (κ2) is 8.59. The van der Waals surface area contributed by atoms with E-state index in [0.29, 0.717) is 24.2 Å². The molecule has 32 heavy (non-hydrogen) atoms. The van der Waals surface area contributed by atoms with Gasteiger partial charge in [-0.2, -0.15) is 0 Å². The highest BCUT2D eigenvalue weighted by Crippen LogP contribution is 2.32. The number of aryl methyl sites for hydroxylation is 2. The summed E-state index contributed by atoms with van der Waals surface area (Å²) in [4.78, 5) is 25.0. The number of esters is 1. The quantitative estimate of drug-likeness (QED) is 0.418. The van der Waals surface area contributed by atoms with Crippen molar-refractivity contribution < 1.29 is 22.7 Å². The van der Waals surface area contributed by atoms with E-state index in [0.717, 1.165) is 16.7 Å². The molecule has 0 amide bonds. The Hall–Kier alpha value is -3.45. The molecule has 3 aromatic rings. The summed E-state index contributed by atoms with van der Waals surface area (Å²) in [7, 11) is -3.83. The van der Waals surface area contributed by atoms with Gasteiger partial charge in [-0.05, 0) is 61.7 Å². The highest BCUT2D eigenvalue weighted by Gasteiger charge is 2.31. The molecule has 4 rings (SSSR count). The molecule has 0 fully saturated rings. The summed E-state index contributed by atoms with van der Waals surface area (Å²) in [5.74, 6) is -1.06. The highest BCUT2D eigenvalue weighted by molar-refractivity contribution is 7.92. The molecule has 1 aliphatic rings. The third kappa shape index (κ3) is 4.16. The van der Waals surface area contributed by atoms with Crippen molar-refractivity contribution in [3.63, 3.8) is 0 Å². The maximum atomic E-state index is 13.2.